The highest BCUT2D eigenvalue weighted by Crippen LogP contribution is 2.22. The van der Waals surface area contributed by atoms with E-state index in [2.05, 4.69) is 0 Å². The Kier molecular flexibility index (Phi) is 6.26. The first-order chi connectivity index (χ1) is 8.88. The predicted molar refractivity (Wildman–Crippen MR) is 76.5 cm³/mol. The van der Waals surface area contributed by atoms with E-state index in [1.807, 2.05) is 13.8 Å². The van der Waals surface area contributed by atoms with Crippen molar-refractivity contribution in [1.82, 2.24) is 4.90 Å². The summed E-state index contributed by atoms with van der Waals surface area (Å²) >= 11 is 0. The van der Waals surface area contributed by atoms with Crippen molar-refractivity contribution in [3.63, 3.8) is 0 Å². The van der Waals surface area contributed by atoms with Gasteiger partial charge in [0, 0.05) is 13.1 Å². The van der Waals surface area contributed by atoms with E-state index in [1.165, 1.54) is 0 Å². The van der Waals surface area contributed by atoms with Crippen LogP contribution in [0.25, 0.3) is 0 Å². The molecule has 6 heteroatoms. The fourth-order valence-corrected chi connectivity index (χ4v) is 4.32. The van der Waals surface area contributed by atoms with Gasteiger partial charge in [-0.05, 0) is 31.7 Å². The SMILES string of the molecule is CC(C)CN(CCCN)C(=O)C1CCCCS1(=O)=O. The molecule has 1 atom stereocenters. The summed E-state index contributed by atoms with van der Waals surface area (Å²) in [5.74, 6) is 0.255. The molecular weight excluding hydrogens is 264 g/mol. The van der Waals surface area contributed by atoms with E-state index in [1.54, 1.807) is 4.90 Å². The molecule has 5 nitrogen and oxygen atoms in total. The lowest BCUT2D eigenvalue weighted by molar-refractivity contribution is -0.131. The van der Waals surface area contributed by atoms with Gasteiger partial charge < -0.3 is 10.6 Å². The molecule has 1 heterocycles. The number of sulfone groups is 1. The molecule has 0 radical (unpaired) electrons. The van der Waals surface area contributed by atoms with Crippen molar-refractivity contribution in [2.45, 2.75) is 44.8 Å². The van der Waals surface area contributed by atoms with E-state index in [4.69, 9.17) is 5.73 Å². The molecule has 0 aliphatic carbocycles. The van der Waals surface area contributed by atoms with Crippen molar-refractivity contribution in [1.29, 1.82) is 0 Å². The number of hydrogen-bond acceptors (Lipinski definition) is 4. The third kappa shape index (κ3) is 4.76. The first-order valence-corrected chi connectivity index (χ1v) is 8.80. The number of amides is 1. The first-order valence-electron chi connectivity index (χ1n) is 7.09. The van der Waals surface area contributed by atoms with Crippen LogP contribution in [0.3, 0.4) is 0 Å². The number of nitrogens with zero attached hydrogens (tertiary/aromatic N) is 1. The van der Waals surface area contributed by atoms with Gasteiger partial charge in [0.1, 0.15) is 5.25 Å². The average Bonchev–Trinajstić information content (AvgIpc) is 2.32. The maximum atomic E-state index is 12.5. The minimum atomic E-state index is -3.25. The van der Waals surface area contributed by atoms with Crippen LogP contribution >= 0.6 is 0 Å². The molecule has 1 aliphatic heterocycles. The van der Waals surface area contributed by atoms with Crippen LogP contribution in [0.1, 0.15) is 39.5 Å². The molecule has 1 unspecified atom stereocenters. The van der Waals surface area contributed by atoms with Gasteiger partial charge in [0.05, 0.1) is 5.75 Å². The predicted octanol–water partition coefficient (Wildman–Crippen LogP) is 0.787. The first kappa shape index (κ1) is 16.4. The molecule has 19 heavy (non-hydrogen) atoms. The highest BCUT2D eigenvalue weighted by atomic mass is 32.2. The molecule has 112 valence electrons. The van der Waals surface area contributed by atoms with E-state index in [0.717, 1.165) is 6.42 Å². The van der Waals surface area contributed by atoms with E-state index in [9.17, 15) is 13.2 Å². The second kappa shape index (κ2) is 7.24. The number of rotatable bonds is 6. The van der Waals surface area contributed by atoms with Gasteiger partial charge in [-0.2, -0.15) is 0 Å². The van der Waals surface area contributed by atoms with Crippen LogP contribution < -0.4 is 5.73 Å². The fourth-order valence-electron chi connectivity index (χ4n) is 2.45. The third-order valence-electron chi connectivity index (χ3n) is 3.38. The lowest BCUT2D eigenvalue weighted by Gasteiger charge is -2.30. The van der Waals surface area contributed by atoms with Crippen molar-refractivity contribution < 1.29 is 13.2 Å². The van der Waals surface area contributed by atoms with Crippen molar-refractivity contribution in [2.75, 3.05) is 25.4 Å². The summed E-state index contributed by atoms with van der Waals surface area (Å²) in [7, 11) is -3.25. The van der Waals surface area contributed by atoms with Crippen molar-refractivity contribution >= 4 is 15.7 Å². The molecule has 1 aliphatic rings. The monoisotopic (exact) mass is 290 g/mol. The van der Waals surface area contributed by atoms with Gasteiger partial charge >= 0.3 is 0 Å². The van der Waals surface area contributed by atoms with Gasteiger partial charge in [-0.25, -0.2) is 8.42 Å². The molecule has 0 aromatic rings. The van der Waals surface area contributed by atoms with Gasteiger partial charge in [0.15, 0.2) is 9.84 Å². The zero-order chi connectivity index (χ0) is 14.5. The Balaban J connectivity index is 2.79. The van der Waals surface area contributed by atoms with Crippen molar-refractivity contribution in [2.24, 2.45) is 11.7 Å². The van der Waals surface area contributed by atoms with E-state index < -0.39 is 15.1 Å². The molecule has 0 aromatic heterocycles. The second-order valence-corrected chi connectivity index (χ2v) is 7.97. The standard InChI is InChI=1S/C13H26N2O3S/c1-11(2)10-15(8-5-7-14)13(16)12-6-3-4-9-19(12,17)18/h11-12H,3-10,14H2,1-2H3. The summed E-state index contributed by atoms with van der Waals surface area (Å²) in [5, 5.41) is -0.822. The second-order valence-electron chi connectivity index (χ2n) is 5.67. The Morgan fingerprint density at radius 3 is 2.58 bits per heavy atom. The van der Waals surface area contributed by atoms with Crippen molar-refractivity contribution in [3.8, 4) is 0 Å². The van der Waals surface area contributed by atoms with Gasteiger partial charge in [0.2, 0.25) is 5.91 Å². The van der Waals surface area contributed by atoms with Crippen LogP contribution in [-0.4, -0.2) is 49.9 Å². The minimum Gasteiger partial charge on any atom is -0.341 e. The van der Waals surface area contributed by atoms with Crippen LogP contribution in [-0.2, 0) is 14.6 Å². The zero-order valence-corrected chi connectivity index (χ0v) is 12.8. The van der Waals surface area contributed by atoms with Gasteiger partial charge in [0.25, 0.3) is 0 Å². The number of hydrogen-bond donors (Lipinski definition) is 1. The maximum Gasteiger partial charge on any atom is 0.240 e. The number of carbonyl (C=O) groups excluding carboxylic acids is 1. The smallest absolute Gasteiger partial charge is 0.240 e. The highest BCUT2D eigenvalue weighted by molar-refractivity contribution is 7.92. The Labute approximate surface area is 116 Å². The molecule has 0 spiro atoms. The largest absolute Gasteiger partial charge is 0.341 e. The normalized spacial score (nSPS) is 22.4. The molecule has 1 rings (SSSR count). The van der Waals surface area contributed by atoms with Crippen LogP contribution in [0.15, 0.2) is 0 Å². The fraction of sp³-hybridized carbons (Fsp3) is 0.923. The number of carbonyl (C=O) groups is 1. The molecule has 1 fully saturated rings. The molecule has 2 N–H and O–H groups in total. The van der Waals surface area contributed by atoms with E-state index in [-0.39, 0.29) is 11.7 Å². The summed E-state index contributed by atoms with van der Waals surface area (Å²) < 4.78 is 24.0. The maximum absolute atomic E-state index is 12.5. The molecule has 0 aromatic carbocycles. The average molecular weight is 290 g/mol. The molecule has 0 bridgehead atoms. The van der Waals surface area contributed by atoms with E-state index in [0.29, 0.717) is 44.8 Å². The summed E-state index contributed by atoms with van der Waals surface area (Å²) in [6.45, 7) is 5.72. The Bertz CT molecular complexity index is 393. The molecule has 0 saturated carbocycles. The minimum absolute atomic E-state index is 0.149. The molecule has 1 saturated heterocycles. The Morgan fingerprint density at radius 2 is 2.05 bits per heavy atom. The van der Waals surface area contributed by atoms with Gasteiger partial charge in [-0.1, -0.05) is 20.3 Å². The summed E-state index contributed by atoms with van der Waals surface area (Å²) in [5.41, 5.74) is 5.48. The molecule has 1 amide bonds. The van der Waals surface area contributed by atoms with Crippen LogP contribution in [0.2, 0.25) is 0 Å². The Morgan fingerprint density at radius 1 is 1.37 bits per heavy atom. The van der Waals surface area contributed by atoms with Crippen LogP contribution in [0.5, 0.6) is 0 Å². The zero-order valence-electron chi connectivity index (χ0n) is 12.0. The quantitative estimate of drug-likeness (QED) is 0.784. The topological polar surface area (TPSA) is 80.5 Å². The van der Waals surface area contributed by atoms with Crippen molar-refractivity contribution in [3.05, 3.63) is 0 Å². The number of nitrogens with two attached hydrogens (primary N) is 1. The van der Waals surface area contributed by atoms with Gasteiger partial charge in [-0.15, -0.1) is 0 Å². The lowest BCUT2D eigenvalue weighted by Crippen LogP contribution is -2.47. The van der Waals surface area contributed by atoms with Crippen LogP contribution in [0.4, 0.5) is 0 Å². The van der Waals surface area contributed by atoms with Crippen LogP contribution in [0, 0.1) is 5.92 Å². The van der Waals surface area contributed by atoms with Gasteiger partial charge in [-0.3, -0.25) is 4.79 Å². The molecular formula is C13H26N2O3S. The third-order valence-corrected chi connectivity index (χ3v) is 5.55. The van der Waals surface area contributed by atoms with E-state index >= 15 is 0 Å². The summed E-state index contributed by atoms with van der Waals surface area (Å²) in [4.78, 5) is 14.1. The summed E-state index contributed by atoms with van der Waals surface area (Å²) in [6.07, 6.45) is 2.69. The Hall–Kier alpha value is -0.620. The summed E-state index contributed by atoms with van der Waals surface area (Å²) in [6, 6.07) is 0. The lowest BCUT2D eigenvalue weighted by atomic mass is 10.1. The highest BCUT2D eigenvalue weighted by Gasteiger charge is 2.37.